The lowest BCUT2D eigenvalue weighted by Gasteiger charge is -2.37. The molecule has 0 aliphatic carbocycles. The Balaban J connectivity index is 1.89. The number of nitrogens with two attached hydrogens (primary N) is 1. The predicted molar refractivity (Wildman–Crippen MR) is 76.3 cm³/mol. The molecule has 2 aliphatic rings. The fourth-order valence-corrected chi connectivity index (χ4v) is 3.08. The van der Waals surface area contributed by atoms with E-state index >= 15 is 0 Å². The highest BCUT2D eigenvalue weighted by Gasteiger charge is 2.43. The maximum absolute atomic E-state index is 6.09. The quantitative estimate of drug-likeness (QED) is 0.883. The molecule has 1 aromatic rings. The molecule has 6 heteroatoms. The summed E-state index contributed by atoms with van der Waals surface area (Å²) >= 11 is 0. The van der Waals surface area contributed by atoms with E-state index in [1.165, 1.54) is 0 Å². The lowest BCUT2D eigenvalue weighted by Crippen LogP contribution is -2.51. The molecular weight excluding hydrogens is 254 g/mol. The Morgan fingerprint density at radius 3 is 2.95 bits per heavy atom. The minimum absolute atomic E-state index is 0.234. The van der Waals surface area contributed by atoms with E-state index in [4.69, 9.17) is 10.5 Å². The molecule has 0 bridgehead atoms. The molecular formula is C14H21N5O. The zero-order chi connectivity index (χ0) is 14.2. The van der Waals surface area contributed by atoms with Crippen LogP contribution in [0.2, 0.25) is 0 Å². The van der Waals surface area contributed by atoms with E-state index < -0.39 is 0 Å². The van der Waals surface area contributed by atoms with Crippen molar-refractivity contribution in [3.05, 3.63) is 23.8 Å². The van der Waals surface area contributed by atoms with Gasteiger partial charge in [0.15, 0.2) is 5.96 Å². The van der Waals surface area contributed by atoms with Crippen molar-refractivity contribution in [1.82, 2.24) is 14.9 Å². The van der Waals surface area contributed by atoms with Crippen LogP contribution in [0.3, 0.4) is 0 Å². The van der Waals surface area contributed by atoms with Crippen molar-refractivity contribution < 1.29 is 4.74 Å². The zero-order valence-corrected chi connectivity index (χ0v) is 12.0. The van der Waals surface area contributed by atoms with Crippen LogP contribution in [-0.2, 0) is 10.3 Å². The van der Waals surface area contributed by atoms with Crippen LogP contribution in [-0.4, -0.2) is 46.6 Å². The van der Waals surface area contributed by atoms with E-state index in [2.05, 4.69) is 26.8 Å². The summed E-state index contributed by atoms with van der Waals surface area (Å²) in [5.74, 6) is 0.577. The van der Waals surface area contributed by atoms with Gasteiger partial charge in [-0.3, -0.25) is 15.0 Å². The third kappa shape index (κ3) is 2.14. The summed E-state index contributed by atoms with van der Waals surface area (Å²) in [7, 11) is 0. The summed E-state index contributed by atoms with van der Waals surface area (Å²) in [6.45, 7) is 6.33. The van der Waals surface area contributed by atoms with Crippen molar-refractivity contribution >= 4 is 5.96 Å². The average Bonchev–Trinajstić information content (AvgIpc) is 3.04. The van der Waals surface area contributed by atoms with Gasteiger partial charge >= 0.3 is 0 Å². The first-order valence-electron chi connectivity index (χ1n) is 7.08. The predicted octanol–water partition coefficient (Wildman–Crippen LogP) is 0.810. The summed E-state index contributed by atoms with van der Waals surface area (Å²) in [6, 6.07) is 0. The minimum Gasteiger partial charge on any atom is -0.376 e. The summed E-state index contributed by atoms with van der Waals surface area (Å²) in [5, 5.41) is 0. The molecule has 0 aromatic carbocycles. The number of rotatable bonds is 3. The topological polar surface area (TPSA) is 76.6 Å². The van der Waals surface area contributed by atoms with Crippen LogP contribution in [0.1, 0.15) is 31.2 Å². The van der Waals surface area contributed by atoms with Crippen molar-refractivity contribution in [2.24, 2.45) is 10.7 Å². The fourth-order valence-electron chi connectivity index (χ4n) is 3.08. The van der Waals surface area contributed by atoms with Crippen LogP contribution >= 0.6 is 0 Å². The third-order valence-corrected chi connectivity index (χ3v) is 4.22. The van der Waals surface area contributed by atoms with Gasteiger partial charge in [-0.1, -0.05) is 0 Å². The monoisotopic (exact) mass is 275 g/mol. The third-order valence-electron chi connectivity index (χ3n) is 4.22. The second-order valence-corrected chi connectivity index (χ2v) is 5.68. The van der Waals surface area contributed by atoms with E-state index in [9.17, 15) is 0 Å². The number of guanidine groups is 1. The molecule has 1 aromatic heterocycles. The molecule has 2 atom stereocenters. The summed E-state index contributed by atoms with van der Waals surface area (Å²) in [4.78, 5) is 15.4. The number of hydrogen-bond donors (Lipinski definition) is 1. The highest BCUT2D eigenvalue weighted by molar-refractivity contribution is 5.81. The fraction of sp³-hybridized carbons (Fsp3) is 0.643. The van der Waals surface area contributed by atoms with Crippen molar-refractivity contribution in [3.8, 4) is 0 Å². The Morgan fingerprint density at radius 2 is 2.25 bits per heavy atom. The highest BCUT2D eigenvalue weighted by Crippen LogP contribution is 2.33. The lowest BCUT2D eigenvalue weighted by molar-refractivity contribution is 0.0678. The van der Waals surface area contributed by atoms with Crippen LogP contribution in [0.5, 0.6) is 0 Å². The number of ether oxygens (including phenoxy) is 1. The molecule has 3 heterocycles. The molecule has 0 radical (unpaired) electrons. The molecule has 108 valence electrons. The first-order chi connectivity index (χ1) is 9.61. The molecule has 2 N–H and O–H groups in total. The lowest BCUT2D eigenvalue weighted by atomic mass is 9.94. The molecule has 1 saturated heterocycles. The summed E-state index contributed by atoms with van der Waals surface area (Å²) < 4.78 is 5.73. The normalized spacial score (nSPS) is 29.8. The number of aryl methyl sites for hydroxylation is 1. The van der Waals surface area contributed by atoms with Gasteiger partial charge in [0.1, 0.15) is 5.54 Å². The number of nitrogens with zero attached hydrogens (tertiary/aromatic N) is 4. The van der Waals surface area contributed by atoms with Gasteiger partial charge in [0.25, 0.3) is 0 Å². The molecule has 20 heavy (non-hydrogen) atoms. The molecule has 0 saturated carbocycles. The molecule has 2 unspecified atom stereocenters. The molecule has 2 aliphatic heterocycles. The summed E-state index contributed by atoms with van der Waals surface area (Å²) in [6.07, 6.45) is 5.88. The van der Waals surface area contributed by atoms with Gasteiger partial charge in [-0.05, 0) is 26.7 Å². The molecule has 3 rings (SSSR count). The first kappa shape index (κ1) is 13.3. The van der Waals surface area contributed by atoms with E-state index in [0.717, 1.165) is 37.4 Å². The molecule has 0 spiro atoms. The van der Waals surface area contributed by atoms with Crippen molar-refractivity contribution in [2.45, 2.75) is 38.3 Å². The standard InChI is InChI=1S/C14H21N5O/c1-10-12(17-6-5-16-10)14(2)9-18-13(15)19(14)8-11-4-3-7-20-11/h5-6,11H,3-4,7-9H2,1-2H3,(H2,15,18). The Kier molecular flexibility index (Phi) is 3.33. The van der Waals surface area contributed by atoms with Gasteiger partial charge in [-0.25, -0.2) is 0 Å². The molecule has 0 amide bonds. The van der Waals surface area contributed by atoms with Crippen LogP contribution < -0.4 is 5.73 Å². The van der Waals surface area contributed by atoms with E-state index in [1.54, 1.807) is 12.4 Å². The van der Waals surface area contributed by atoms with Crippen LogP contribution in [0.4, 0.5) is 0 Å². The smallest absolute Gasteiger partial charge is 0.192 e. The second kappa shape index (κ2) is 5.01. The van der Waals surface area contributed by atoms with E-state index in [0.29, 0.717) is 12.5 Å². The average molecular weight is 275 g/mol. The largest absolute Gasteiger partial charge is 0.376 e. The summed E-state index contributed by atoms with van der Waals surface area (Å²) in [5.41, 5.74) is 7.64. The Hall–Kier alpha value is -1.69. The molecule has 6 nitrogen and oxygen atoms in total. The maximum atomic E-state index is 6.09. The molecule has 1 fully saturated rings. The van der Waals surface area contributed by atoms with Crippen LogP contribution in [0.15, 0.2) is 17.4 Å². The Bertz CT molecular complexity index is 526. The second-order valence-electron chi connectivity index (χ2n) is 5.68. The number of aliphatic imine (C=N–C) groups is 1. The van der Waals surface area contributed by atoms with Crippen molar-refractivity contribution in [1.29, 1.82) is 0 Å². The number of aromatic nitrogens is 2. The van der Waals surface area contributed by atoms with Crippen molar-refractivity contribution in [3.63, 3.8) is 0 Å². The zero-order valence-electron chi connectivity index (χ0n) is 12.0. The Labute approximate surface area is 119 Å². The van der Waals surface area contributed by atoms with Crippen molar-refractivity contribution in [2.75, 3.05) is 19.7 Å². The number of hydrogen-bond acceptors (Lipinski definition) is 6. The van der Waals surface area contributed by atoms with Gasteiger partial charge < -0.3 is 15.4 Å². The van der Waals surface area contributed by atoms with Crippen LogP contribution in [0.25, 0.3) is 0 Å². The van der Waals surface area contributed by atoms with Gasteiger partial charge in [0, 0.05) is 25.5 Å². The maximum Gasteiger partial charge on any atom is 0.192 e. The van der Waals surface area contributed by atoms with E-state index in [1.807, 2.05) is 6.92 Å². The van der Waals surface area contributed by atoms with Crippen LogP contribution in [0, 0.1) is 6.92 Å². The highest BCUT2D eigenvalue weighted by atomic mass is 16.5. The van der Waals surface area contributed by atoms with Gasteiger partial charge in [-0.2, -0.15) is 0 Å². The van der Waals surface area contributed by atoms with E-state index in [-0.39, 0.29) is 11.6 Å². The van der Waals surface area contributed by atoms with Gasteiger partial charge in [0.05, 0.1) is 24.0 Å². The first-order valence-corrected chi connectivity index (χ1v) is 7.08. The minimum atomic E-state index is -0.325. The Morgan fingerprint density at radius 1 is 1.45 bits per heavy atom. The SMILES string of the molecule is Cc1nccnc1C1(C)CN=C(N)N1CC1CCCO1. The van der Waals surface area contributed by atoms with Gasteiger partial charge in [0.2, 0.25) is 0 Å². The van der Waals surface area contributed by atoms with Gasteiger partial charge in [-0.15, -0.1) is 0 Å².